The van der Waals surface area contributed by atoms with Gasteiger partial charge in [-0.2, -0.15) is 0 Å². The Morgan fingerprint density at radius 2 is 2.27 bits per heavy atom. The van der Waals surface area contributed by atoms with E-state index < -0.39 is 17.8 Å². The van der Waals surface area contributed by atoms with Gasteiger partial charge >= 0.3 is 5.97 Å². The highest BCUT2D eigenvalue weighted by molar-refractivity contribution is 5.76. The molecule has 1 aromatic carbocycles. The predicted octanol–water partition coefficient (Wildman–Crippen LogP) is 0.451. The third-order valence-electron chi connectivity index (χ3n) is 2.05. The Hall–Kier alpha value is -1.62. The molecule has 0 amide bonds. The first-order chi connectivity index (χ1) is 7.04. The Bertz CT molecular complexity index is 368. The van der Waals surface area contributed by atoms with Crippen LogP contribution in [0.15, 0.2) is 18.2 Å². The molecule has 1 atom stereocenters. The number of methoxy groups -OCH3 is 1. The molecular formula is C10H13FN2O2. The number of halogens is 1. The average Bonchev–Trinajstić information content (AvgIpc) is 2.20. The van der Waals surface area contributed by atoms with Crippen LogP contribution in [0, 0.1) is 5.82 Å². The molecule has 0 unspecified atom stereocenters. The zero-order chi connectivity index (χ0) is 11.4. The van der Waals surface area contributed by atoms with E-state index in [-0.39, 0.29) is 12.1 Å². The van der Waals surface area contributed by atoms with Crippen molar-refractivity contribution in [2.75, 3.05) is 12.8 Å². The number of nitrogens with two attached hydrogens (primary N) is 2. The second kappa shape index (κ2) is 4.75. The summed E-state index contributed by atoms with van der Waals surface area (Å²) in [5.74, 6) is -0.929. The van der Waals surface area contributed by atoms with Crippen molar-refractivity contribution >= 4 is 11.7 Å². The topological polar surface area (TPSA) is 78.3 Å². The van der Waals surface area contributed by atoms with Crippen LogP contribution in [0.2, 0.25) is 0 Å². The van der Waals surface area contributed by atoms with Gasteiger partial charge in [-0.05, 0) is 17.7 Å². The summed E-state index contributed by atoms with van der Waals surface area (Å²) in [5, 5.41) is 0. The van der Waals surface area contributed by atoms with Crippen molar-refractivity contribution in [1.82, 2.24) is 0 Å². The van der Waals surface area contributed by atoms with Gasteiger partial charge < -0.3 is 16.2 Å². The van der Waals surface area contributed by atoms with Crippen LogP contribution in [0.4, 0.5) is 10.1 Å². The molecule has 0 saturated heterocycles. The van der Waals surface area contributed by atoms with Crippen molar-refractivity contribution in [1.29, 1.82) is 0 Å². The fraction of sp³-hybridized carbons (Fsp3) is 0.300. The number of anilines is 1. The summed E-state index contributed by atoms with van der Waals surface area (Å²) in [5.41, 5.74) is 12.0. The number of esters is 1. The van der Waals surface area contributed by atoms with Crippen molar-refractivity contribution in [2.24, 2.45) is 5.73 Å². The maximum atomic E-state index is 12.7. The quantitative estimate of drug-likeness (QED) is 0.563. The minimum atomic E-state index is -0.775. The molecule has 0 fully saturated rings. The molecule has 0 aliphatic heterocycles. The summed E-state index contributed by atoms with van der Waals surface area (Å²) in [6, 6.07) is 3.20. The molecule has 4 nitrogen and oxygen atoms in total. The summed E-state index contributed by atoms with van der Waals surface area (Å²) >= 11 is 0. The molecule has 0 aromatic heterocycles. The van der Waals surface area contributed by atoms with E-state index in [0.717, 1.165) is 0 Å². The van der Waals surface area contributed by atoms with Gasteiger partial charge in [-0.15, -0.1) is 0 Å². The number of hydrogen-bond acceptors (Lipinski definition) is 4. The Labute approximate surface area is 87.0 Å². The predicted molar refractivity (Wildman–Crippen MR) is 54.5 cm³/mol. The van der Waals surface area contributed by atoms with Crippen LogP contribution in [0.1, 0.15) is 5.56 Å². The van der Waals surface area contributed by atoms with E-state index >= 15 is 0 Å². The summed E-state index contributed by atoms with van der Waals surface area (Å²) in [6.45, 7) is 0. The third-order valence-corrected chi connectivity index (χ3v) is 2.05. The Kier molecular flexibility index (Phi) is 3.62. The molecule has 0 bridgehead atoms. The summed E-state index contributed by atoms with van der Waals surface area (Å²) in [4.78, 5) is 11.0. The van der Waals surface area contributed by atoms with Gasteiger partial charge in [0.05, 0.1) is 7.11 Å². The van der Waals surface area contributed by atoms with E-state index in [1.54, 1.807) is 0 Å². The highest BCUT2D eigenvalue weighted by Crippen LogP contribution is 2.15. The largest absolute Gasteiger partial charge is 0.468 e. The second-order valence-corrected chi connectivity index (χ2v) is 3.18. The lowest BCUT2D eigenvalue weighted by atomic mass is 10.0. The molecule has 1 aromatic rings. The molecule has 1 rings (SSSR count). The van der Waals surface area contributed by atoms with Crippen LogP contribution in [0.3, 0.4) is 0 Å². The molecule has 0 spiro atoms. The smallest absolute Gasteiger partial charge is 0.322 e. The minimum absolute atomic E-state index is 0.235. The van der Waals surface area contributed by atoms with Crippen LogP contribution in [-0.4, -0.2) is 19.1 Å². The lowest BCUT2D eigenvalue weighted by Gasteiger charge is -2.10. The monoisotopic (exact) mass is 212 g/mol. The van der Waals surface area contributed by atoms with E-state index in [1.807, 2.05) is 0 Å². The van der Waals surface area contributed by atoms with Gasteiger partial charge in [0.25, 0.3) is 0 Å². The van der Waals surface area contributed by atoms with Crippen LogP contribution in [0.5, 0.6) is 0 Å². The number of rotatable bonds is 3. The van der Waals surface area contributed by atoms with Gasteiger partial charge in [-0.1, -0.05) is 6.07 Å². The number of nitrogen functional groups attached to an aromatic ring is 1. The molecule has 82 valence electrons. The van der Waals surface area contributed by atoms with E-state index in [1.165, 1.54) is 25.3 Å². The van der Waals surface area contributed by atoms with Gasteiger partial charge in [-0.25, -0.2) is 4.39 Å². The molecule has 0 aliphatic rings. The number of benzene rings is 1. The average molecular weight is 212 g/mol. The summed E-state index contributed by atoms with van der Waals surface area (Å²) in [6.07, 6.45) is 0.235. The first kappa shape index (κ1) is 11.5. The maximum absolute atomic E-state index is 12.7. The second-order valence-electron chi connectivity index (χ2n) is 3.18. The normalized spacial score (nSPS) is 12.2. The van der Waals surface area contributed by atoms with E-state index in [2.05, 4.69) is 4.74 Å². The SMILES string of the molecule is COC(=O)[C@H](N)Cc1ccc(F)cc1N. The number of hydrogen-bond donors (Lipinski definition) is 2. The van der Waals surface area contributed by atoms with Crippen molar-refractivity contribution in [3.05, 3.63) is 29.6 Å². The summed E-state index contributed by atoms with van der Waals surface area (Å²) in [7, 11) is 1.26. The van der Waals surface area contributed by atoms with Crippen molar-refractivity contribution in [3.8, 4) is 0 Å². The molecule has 0 radical (unpaired) electrons. The molecule has 5 heteroatoms. The maximum Gasteiger partial charge on any atom is 0.322 e. The van der Waals surface area contributed by atoms with Gasteiger partial charge in [0, 0.05) is 12.1 Å². The first-order valence-electron chi connectivity index (χ1n) is 4.42. The lowest BCUT2D eigenvalue weighted by Crippen LogP contribution is -2.33. The fourth-order valence-corrected chi connectivity index (χ4v) is 1.22. The molecule has 4 N–H and O–H groups in total. The first-order valence-corrected chi connectivity index (χ1v) is 4.42. The molecule has 0 heterocycles. The third kappa shape index (κ3) is 2.92. The highest BCUT2D eigenvalue weighted by atomic mass is 19.1. The Balaban J connectivity index is 2.76. The van der Waals surface area contributed by atoms with E-state index in [0.29, 0.717) is 5.56 Å². The van der Waals surface area contributed by atoms with Crippen LogP contribution >= 0.6 is 0 Å². The van der Waals surface area contributed by atoms with E-state index in [4.69, 9.17) is 11.5 Å². The molecule has 15 heavy (non-hydrogen) atoms. The van der Waals surface area contributed by atoms with E-state index in [9.17, 15) is 9.18 Å². The van der Waals surface area contributed by atoms with Crippen molar-refractivity contribution < 1.29 is 13.9 Å². The van der Waals surface area contributed by atoms with Gasteiger partial charge in [0.2, 0.25) is 0 Å². The zero-order valence-corrected chi connectivity index (χ0v) is 8.37. The Morgan fingerprint density at radius 1 is 1.60 bits per heavy atom. The van der Waals surface area contributed by atoms with Gasteiger partial charge in [0.1, 0.15) is 11.9 Å². The van der Waals surface area contributed by atoms with Crippen molar-refractivity contribution in [3.63, 3.8) is 0 Å². The number of carbonyl (C=O) groups is 1. The zero-order valence-electron chi connectivity index (χ0n) is 8.37. The lowest BCUT2D eigenvalue weighted by molar-refractivity contribution is -0.142. The fourth-order valence-electron chi connectivity index (χ4n) is 1.22. The summed E-state index contributed by atoms with van der Waals surface area (Å²) < 4.78 is 17.2. The molecule has 0 saturated carbocycles. The number of ether oxygens (including phenoxy) is 1. The standard InChI is InChI=1S/C10H13FN2O2/c1-15-10(14)9(13)4-6-2-3-7(11)5-8(6)12/h2-3,5,9H,4,12-13H2,1H3/t9-/m1/s1. The van der Waals surface area contributed by atoms with Crippen LogP contribution in [0.25, 0.3) is 0 Å². The highest BCUT2D eigenvalue weighted by Gasteiger charge is 2.15. The van der Waals surface area contributed by atoms with Gasteiger partial charge in [-0.3, -0.25) is 4.79 Å². The van der Waals surface area contributed by atoms with Gasteiger partial charge in [0.15, 0.2) is 0 Å². The number of carbonyl (C=O) groups excluding carboxylic acids is 1. The Morgan fingerprint density at radius 3 is 2.80 bits per heavy atom. The van der Waals surface area contributed by atoms with Crippen LogP contribution in [-0.2, 0) is 16.0 Å². The van der Waals surface area contributed by atoms with Crippen LogP contribution < -0.4 is 11.5 Å². The minimum Gasteiger partial charge on any atom is -0.468 e. The molecular weight excluding hydrogens is 199 g/mol. The molecule has 0 aliphatic carbocycles. The van der Waals surface area contributed by atoms with Crippen molar-refractivity contribution in [2.45, 2.75) is 12.5 Å².